The van der Waals surface area contributed by atoms with Gasteiger partial charge in [0.05, 0.1) is 25.4 Å². The van der Waals surface area contributed by atoms with E-state index in [1.807, 2.05) is 24.4 Å². The lowest BCUT2D eigenvalue weighted by Gasteiger charge is -2.40. The first kappa shape index (κ1) is 27.5. The summed E-state index contributed by atoms with van der Waals surface area (Å²) in [4.78, 5) is 18.6. The number of nitrogens with one attached hydrogen (secondary N) is 1. The third-order valence-electron chi connectivity index (χ3n) is 7.54. The van der Waals surface area contributed by atoms with Crippen molar-refractivity contribution in [3.8, 4) is 11.5 Å². The van der Waals surface area contributed by atoms with Gasteiger partial charge >= 0.3 is 6.09 Å². The minimum atomic E-state index is -1.98. The summed E-state index contributed by atoms with van der Waals surface area (Å²) < 4.78 is 29.1. The SMILES string of the molecule is COC1=NC=CC(C[C@H](CNC[C@@H]2CN(c3ccc4c(c3)OCCO4)C(=O)O2)O[Si](C)(C)C(C)(C)C)C1. The number of hydrogen-bond acceptors (Lipinski definition) is 8. The number of methoxy groups -OCH3 is 1. The Kier molecular flexibility index (Phi) is 8.50. The lowest BCUT2D eigenvalue weighted by Crippen LogP contribution is -2.47. The van der Waals surface area contributed by atoms with Gasteiger partial charge in [0.25, 0.3) is 0 Å². The Morgan fingerprint density at radius 2 is 1.97 bits per heavy atom. The van der Waals surface area contributed by atoms with E-state index in [2.05, 4.69) is 50.3 Å². The van der Waals surface area contributed by atoms with Crippen LogP contribution in [0.4, 0.5) is 10.5 Å². The van der Waals surface area contributed by atoms with Crippen molar-refractivity contribution in [2.24, 2.45) is 10.9 Å². The van der Waals surface area contributed by atoms with Crippen LogP contribution in [0.15, 0.2) is 35.5 Å². The second-order valence-corrected chi connectivity index (χ2v) is 16.1. The zero-order valence-corrected chi connectivity index (χ0v) is 23.9. The van der Waals surface area contributed by atoms with Gasteiger partial charge in [0.15, 0.2) is 25.7 Å². The van der Waals surface area contributed by atoms with Gasteiger partial charge < -0.3 is 28.7 Å². The first-order valence-electron chi connectivity index (χ1n) is 13.1. The predicted molar refractivity (Wildman–Crippen MR) is 146 cm³/mol. The summed E-state index contributed by atoms with van der Waals surface area (Å²) >= 11 is 0. The number of nitrogens with zero attached hydrogens (tertiary/aromatic N) is 2. The molecule has 0 spiro atoms. The minimum absolute atomic E-state index is 0.0257. The third kappa shape index (κ3) is 6.85. The van der Waals surface area contributed by atoms with E-state index in [1.54, 1.807) is 12.0 Å². The molecular formula is C27H41N3O6Si. The standard InChI is InChI=1S/C27H41N3O6Si/c1-27(2,3)37(5,6)36-21(13-19-9-10-29-25(14-19)32-4)16-28-17-22-18-30(26(31)35-22)20-7-8-23-24(15-20)34-12-11-33-23/h7-10,15,19,21-22,28H,11-14,16-18H2,1-6H3/t19?,21-,22-/m1/s1. The van der Waals surface area contributed by atoms with Crippen LogP contribution in [0.1, 0.15) is 33.6 Å². The molecule has 0 bridgehead atoms. The van der Waals surface area contributed by atoms with Crippen molar-refractivity contribution in [2.75, 3.05) is 44.9 Å². The largest absolute Gasteiger partial charge is 0.486 e. The van der Waals surface area contributed by atoms with Crippen LogP contribution in [0.3, 0.4) is 0 Å². The highest BCUT2D eigenvalue weighted by Crippen LogP contribution is 2.38. The summed E-state index contributed by atoms with van der Waals surface area (Å²) in [5.74, 6) is 2.41. The maximum atomic E-state index is 12.6. The Morgan fingerprint density at radius 3 is 2.70 bits per heavy atom. The molecule has 1 aromatic rings. The minimum Gasteiger partial charge on any atom is -0.486 e. The number of cyclic esters (lactones) is 1. The number of hydrogen-bond donors (Lipinski definition) is 1. The van der Waals surface area contributed by atoms with Gasteiger partial charge in [-0.2, -0.15) is 0 Å². The van der Waals surface area contributed by atoms with Gasteiger partial charge in [0.1, 0.15) is 19.3 Å². The van der Waals surface area contributed by atoms with E-state index in [0.29, 0.717) is 50.3 Å². The summed E-state index contributed by atoms with van der Waals surface area (Å²) in [5.41, 5.74) is 0.746. The number of amides is 1. The molecule has 37 heavy (non-hydrogen) atoms. The molecule has 4 rings (SSSR count). The Labute approximate surface area is 221 Å². The molecule has 0 aliphatic carbocycles. The van der Waals surface area contributed by atoms with Crippen molar-refractivity contribution in [3.63, 3.8) is 0 Å². The summed E-state index contributed by atoms with van der Waals surface area (Å²) in [6, 6.07) is 5.54. The molecule has 3 aliphatic heterocycles. The summed E-state index contributed by atoms with van der Waals surface area (Å²) in [6.45, 7) is 14.1. The molecule has 1 fully saturated rings. The normalized spacial score (nSPS) is 22.5. The van der Waals surface area contributed by atoms with Crippen molar-refractivity contribution in [3.05, 3.63) is 30.5 Å². The molecule has 204 valence electrons. The number of allylic oxidation sites excluding steroid dienone is 1. The third-order valence-corrected chi connectivity index (χ3v) is 12.1. The summed E-state index contributed by atoms with van der Waals surface area (Å²) in [5, 5.41) is 3.63. The molecule has 0 aromatic heterocycles. The van der Waals surface area contributed by atoms with Crippen LogP contribution in [0.5, 0.6) is 11.5 Å². The monoisotopic (exact) mass is 531 g/mol. The Bertz CT molecular complexity index is 1020. The van der Waals surface area contributed by atoms with Crippen molar-refractivity contribution >= 4 is 26.0 Å². The molecule has 1 unspecified atom stereocenters. The summed E-state index contributed by atoms with van der Waals surface area (Å²) in [7, 11) is -0.315. The average Bonchev–Trinajstić information content (AvgIpc) is 3.23. The van der Waals surface area contributed by atoms with Crippen molar-refractivity contribution in [2.45, 2.75) is 64.0 Å². The van der Waals surface area contributed by atoms with Crippen LogP contribution in [-0.2, 0) is 13.9 Å². The fourth-order valence-electron chi connectivity index (χ4n) is 4.44. The number of anilines is 1. The lowest BCUT2D eigenvalue weighted by atomic mass is 9.96. The molecule has 0 radical (unpaired) electrons. The topological polar surface area (TPSA) is 90.9 Å². The Morgan fingerprint density at radius 1 is 1.22 bits per heavy atom. The second-order valence-electron chi connectivity index (χ2n) is 11.4. The first-order chi connectivity index (χ1) is 17.6. The molecule has 10 heteroatoms. The first-order valence-corrected chi connectivity index (χ1v) is 16.0. The zero-order valence-electron chi connectivity index (χ0n) is 22.9. The molecule has 0 saturated carbocycles. The van der Waals surface area contributed by atoms with Crippen LogP contribution in [0.25, 0.3) is 0 Å². The number of aliphatic imine (C=N–C) groups is 1. The van der Waals surface area contributed by atoms with Gasteiger partial charge in [0.2, 0.25) is 0 Å². The molecule has 3 heterocycles. The van der Waals surface area contributed by atoms with Crippen LogP contribution in [0.2, 0.25) is 18.1 Å². The van der Waals surface area contributed by atoms with Gasteiger partial charge in [-0.15, -0.1) is 0 Å². The zero-order chi connectivity index (χ0) is 26.6. The predicted octanol–water partition coefficient (Wildman–Crippen LogP) is 4.73. The van der Waals surface area contributed by atoms with Crippen LogP contribution in [-0.4, -0.2) is 72.5 Å². The lowest BCUT2D eigenvalue weighted by molar-refractivity contribution is 0.128. The van der Waals surface area contributed by atoms with E-state index in [-0.39, 0.29) is 23.3 Å². The molecule has 1 aromatic carbocycles. The van der Waals surface area contributed by atoms with E-state index in [0.717, 1.165) is 24.4 Å². The van der Waals surface area contributed by atoms with Crippen molar-refractivity contribution in [1.29, 1.82) is 0 Å². The van der Waals surface area contributed by atoms with Crippen LogP contribution >= 0.6 is 0 Å². The fourth-order valence-corrected chi connectivity index (χ4v) is 5.81. The average molecular weight is 532 g/mol. The van der Waals surface area contributed by atoms with Crippen molar-refractivity contribution in [1.82, 2.24) is 5.32 Å². The Balaban J connectivity index is 1.34. The van der Waals surface area contributed by atoms with Crippen LogP contribution < -0.4 is 19.7 Å². The molecular weight excluding hydrogens is 490 g/mol. The number of carbonyl (C=O) groups is 1. The number of fused-ring (bicyclic) bond motifs is 1. The number of rotatable bonds is 9. The van der Waals surface area contributed by atoms with Crippen LogP contribution in [0, 0.1) is 5.92 Å². The molecule has 9 nitrogen and oxygen atoms in total. The highest BCUT2D eigenvalue weighted by atomic mass is 28.4. The van der Waals surface area contributed by atoms with Gasteiger partial charge in [0, 0.05) is 31.8 Å². The second kappa shape index (κ2) is 11.4. The van der Waals surface area contributed by atoms with E-state index < -0.39 is 8.32 Å². The van der Waals surface area contributed by atoms with Gasteiger partial charge in [-0.1, -0.05) is 26.8 Å². The van der Waals surface area contributed by atoms with Gasteiger partial charge in [-0.25, -0.2) is 9.79 Å². The van der Waals surface area contributed by atoms with E-state index in [4.69, 9.17) is 23.4 Å². The number of benzene rings is 1. The van der Waals surface area contributed by atoms with Gasteiger partial charge in [-0.05, 0) is 42.6 Å². The molecule has 1 amide bonds. The maximum absolute atomic E-state index is 12.6. The highest BCUT2D eigenvalue weighted by molar-refractivity contribution is 6.74. The van der Waals surface area contributed by atoms with E-state index in [1.165, 1.54) is 0 Å². The Hall–Kier alpha value is -2.56. The van der Waals surface area contributed by atoms with E-state index >= 15 is 0 Å². The smallest absolute Gasteiger partial charge is 0.414 e. The fraction of sp³-hybridized carbons (Fsp3) is 0.630. The summed E-state index contributed by atoms with van der Waals surface area (Å²) in [6.07, 6.45) is 5.02. The quantitative estimate of drug-likeness (QED) is 0.461. The number of carbonyl (C=O) groups excluding carboxylic acids is 1. The van der Waals surface area contributed by atoms with E-state index in [9.17, 15) is 4.79 Å². The molecule has 1 saturated heterocycles. The maximum Gasteiger partial charge on any atom is 0.414 e. The van der Waals surface area contributed by atoms with Gasteiger partial charge in [-0.3, -0.25) is 4.90 Å². The molecule has 3 aliphatic rings. The molecule has 1 N–H and O–H groups in total. The number of ether oxygens (including phenoxy) is 4. The van der Waals surface area contributed by atoms with Crippen molar-refractivity contribution < 1.29 is 28.2 Å². The molecule has 3 atom stereocenters. The highest BCUT2D eigenvalue weighted by Gasteiger charge is 2.40.